The highest BCUT2D eigenvalue weighted by Crippen LogP contribution is 2.36. The van der Waals surface area contributed by atoms with Gasteiger partial charge >= 0.3 is 6.09 Å². The molecule has 3 rings (SSSR count). The predicted octanol–water partition coefficient (Wildman–Crippen LogP) is 1.70. The molecular weight excluding hydrogens is 272 g/mol. The van der Waals surface area contributed by atoms with Crippen LogP contribution in [0.2, 0.25) is 0 Å². The van der Waals surface area contributed by atoms with Crippen LogP contribution in [0.1, 0.15) is 38.8 Å². The van der Waals surface area contributed by atoms with E-state index in [0.717, 1.165) is 12.0 Å². The molecule has 1 atom stereocenters. The summed E-state index contributed by atoms with van der Waals surface area (Å²) >= 11 is 0. The van der Waals surface area contributed by atoms with Gasteiger partial charge in [0.15, 0.2) is 0 Å². The summed E-state index contributed by atoms with van der Waals surface area (Å²) in [5.41, 5.74) is 0.553. The zero-order valence-corrected chi connectivity index (χ0v) is 12.3. The van der Waals surface area contributed by atoms with E-state index in [1.165, 1.54) is 10.8 Å². The average Bonchev–Trinajstić information content (AvgIpc) is 2.70. The van der Waals surface area contributed by atoms with Crippen LogP contribution in [-0.2, 0) is 4.74 Å². The Balaban J connectivity index is 1.90. The number of aromatic nitrogens is 3. The Kier molecular flexibility index (Phi) is 3.00. The third-order valence-electron chi connectivity index (χ3n) is 3.50. The molecule has 1 N–H and O–H groups in total. The van der Waals surface area contributed by atoms with Gasteiger partial charge in [-0.25, -0.2) is 9.31 Å². The van der Waals surface area contributed by atoms with Crippen molar-refractivity contribution in [1.82, 2.24) is 19.5 Å². The zero-order chi connectivity index (χ0) is 15.2. The van der Waals surface area contributed by atoms with Crippen molar-refractivity contribution in [1.29, 1.82) is 0 Å². The molecule has 1 saturated heterocycles. The van der Waals surface area contributed by atoms with Crippen molar-refractivity contribution in [3.05, 3.63) is 34.5 Å². The second-order valence-electron chi connectivity index (χ2n) is 6.16. The second-order valence-corrected chi connectivity index (χ2v) is 6.16. The van der Waals surface area contributed by atoms with Crippen LogP contribution in [0.5, 0.6) is 0 Å². The lowest BCUT2D eigenvalue weighted by molar-refractivity contribution is -0.00547. The number of fused-ring (bicyclic) bond motifs is 1. The molecule has 0 saturated carbocycles. The first kappa shape index (κ1) is 13.7. The normalized spacial score (nSPS) is 18.6. The number of ether oxygens (including phenoxy) is 1. The summed E-state index contributed by atoms with van der Waals surface area (Å²) in [6.45, 7) is 6.14. The lowest BCUT2D eigenvalue weighted by atomic mass is 9.96. The van der Waals surface area contributed by atoms with Gasteiger partial charge in [-0.2, -0.15) is 5.10 Å². The molecule has 1 amide bonds. The van der Waals surface area contributed by atoms with E-state index in [4.69, 9.17) is 4.74 Å². The molecule has 1 unspecified atom stereocenters. The monoisotopic (exact) mass is 290 g/mol. The molecule has 3 heterocycles. The van der Waals surface area contributed by atoms with E-state index in [0.29, 0.717) is 12.1 Å². The molecule has 0 aliphatic carbocycles. The molecule has 2 aromatic heterocycles. The minimum Gasteiger partial charge on any atom is -0.444 e. The van der Waals surface area contributed by atoms with Gasteiger partial charge in [0.1, 0.15) is 17.4 Å². The van der Waals surface area contributed by atoms with E-state index < -0.39 is 5.60 Å². The van der Waals surface area contributed by atoms with Crippen LogP contribution in [0.3, 0.4) is 0 Å². The van der Waals surface area contributed by atoms with Crippen molar-refractivity contribution in [3.63, 3.8) is 0 Å². The highest BCUT2D eigenvalue weighted by molar-refractivity contribution is 5.71. The Morgan fingerprint density at radius 2 is 2.24 bits per heavy atom. The van der Waals surface area contributed by atoms with Gasteiger partial charge in [-0.3, -0.25) is 4.79 Å². The minimum absolute atomic E-state index is 0.129. The predicted molar refractivity (Wildman–Crippen MR) is 76.1 cm³/mol. The Bertz CT molecular complexity index is 740. The van der Waals surface area contributed by atoms with E-state index >= 15 is 0 Å². The highest BCUT2D eigenvalue weighted by atomic mass is 16.6. The second kappa shape index (κ2) is 4.61. The van der Waals surface area contributed by atoms with Crippen LogP contribution in [0.15, 0.2) is 23.4 Å². The van der Waals surface area contributed by atoms with Gasteiger partial charge in [0.25, 0.3) is 5.56 Å². The molecule has 1 fully saturated rings. The maximum absolute atomic E-state index is 12.2. The Morgan fingerprint density at radius 1 is 1.48 bits per heavy atom. The first-order chi connectivity index (χ1) is 9.87. The van der Waals surface area contributed by atoms with Crippen molar-refractivity contribution in [2.24, 2.45) is 0 Å². The lowest BCUT2D eigenvalue weighted by Gasteiger charge is -2.41. The fourth-order valence-electron chi connectivity index (χ4n) is 2.50. The van der Waals surface area contributed by atoms with E-state index in [1.807, 2.05) is 26.8 Å². The molecule has 7 heteroatoms. The smallest absolute Gasteiger partial charge is 0.410 e. The van der Waals surface area contributed by atoms with Gasteiger partial charge < -0.3 is 14.6 Å². The number of nitrogens with one attached hydrogen (secondary N) is 1. The van der Waals surface area contributed by atoms with E-state index in [9.17, 15) is 9.59 Å². The van der Waals surface area contributed by atoms with Crippen molar-refractivity contribution in [2.75, 3.05) is 6.54 Å². The fourth-order valence-corrected chi connectivity index (χ4v) is 2.50. The number of likely N-dealkylation sites (tertiary alicyclic amines) is 1. The van der Waals surface area contributed by atoms with Crippen LogP contribution >= 0.6 is 0 Å². The quantitative estimate of drug-likeness (QED) is 0.867. The number of hydrogen-bond donors (Lipinski definition) is 1. The standard InChI is InChI=1S/C14H18N4O3/c1-14(2,3)21-13(20)17-6-5-10(17)9-4-7-18-11(9)12(19)15-8-16-18/h4,7-8,10H,5-6H2,1-3H3,(H,15,16,19). The SMILES string of the molecule is CC(C)(C)OC(=O)N1CCC1c1ccn2nc[nH]c(=O)c12. The molecule has 0 spiro atoms. The maximum Gasteiger partial charge on any atom is 0.410 e. The summed E-state index contributed by atoms with van der Waals surface area (Å²) in [4.78, 5) is 28.3. The molecule has 1 aliphatic heterocycles. The number of amides is 1. The van der Waals surface area contributed by atoms with Gasteiger partial charge in [0.05, 0.1) is 6.04 Å². The zero-order valence-electron chi connectivity index (χ0n) is 12.3. The average molecular weight is 290 g/mol. The summed E-state index contributed by atoms with van der Waals surface area (Å²) in [6, 6.07) is 1.70. The lowest BCUT2D eigenvalue weighted by Crippen LogP contribution is -2.47. The summed E-state index contributed by atoms with van der Waals surface area (Å²) < 4.78 is 6.92. The Hall–Kier alpha value is -2.31. The van der Waals surface area contributed by atoms with Crippen molar-refractivity contribution in [2.45, 2.75) is 38.8 Å². The molecule has 7 nitrogen and oxygen atoms in total. The molecular formula is C14H18N4O3. The van der Waals surface area contributed by atoms with Crippen LogP contribution < -0.4 is 5.56 Å². The number of nitrogens with zero attached hydrogens (tertiary/aromatic N) is 3. The van der Waals surface area contributed by atoms with Gasteiger partial charge in [-0.15, -0.1) is 0 Å². The third kappa shape index (κ3) is 2.39. The molecule has 0 radical (unpaired) electrons. The molecule has 112 valence electrons. The summed E-state index contributed by atoms with van der Waals surface area (Å²) in [7, 11) is 0. The largest absolute Gasteiger partial charge is 0.444 e. The van der Waals surface area contributed by atoms with Crippen LogP contribution in [-0.4, -0.2) is 37.7 Å². The van der Waals surface area contributed by atoms with Gasteiger partial charge in [0, 0.05) is 18.3 Å². The number of hydrogen-bond acceptors (Lipinski definition) is 4. The summed E-state index contributed by atoms with van der Waals surface area (Å²) in [5.74, 6) is 0. The van der Waals surface area contributed by atoms with Crippen molar-refractivity contribution in [3.8, 4) is 0 Å². The first-order valence-electron chi connectivity index (χ1n) is 6.91. The van der Waals surface area contributed by atoms with Gasteiger partial charge in [-0.05, 0) is 33.3 Å². The molecule has 0 aromatic carbocycles. The van der Waals surface area contributed by atoms with Crippen molar-refractivity contribution >= 4 is 11.6 Å². The number of H-pyrrole nitrogens is 1. The van der Waals surface area contributed by atoms with Crippen molar-refractivity contribution < 1.29 is 9.53 Å². The Morgan fingerprint density at radius 3 is 2.86 bits per heavy atom. The number of rotatable bonds is 1. The maximum atomic E-state index is 12.2. The summed E-state index contributed by atoms with van der Waals surface area (Å²) in [6.07, 6.45) is 3.54. The fraction of sp³-hybridized carbons (Fsp3) is 0.500. The van der Waals surface area contributed by atoms with E-state index in [1.54, 1.807) is 11.1 Å². The molecule has 1 aliphatic rings. The van der Waals surface area contributed by atoms with Crippen LogP contribution in [0.25, 0.3) is 5.52 Å². The molecule has 2 aromatic rings. The number of aromatic amines is 1. The highest BCUT2D eigenvalue weighted by Gasteiger charge is 2.37. The van der Waals surface area contributed by atoms with Crippen LogP contribution in [0, 0.1) is 0 Å². The molecule has 0 bridgehead atoms. The third-order valence-corrected chi connectivity index (χ3v) is 3.50. The Labute approximate surface area is 121 Å². The molecule has 21 heavy (non-hydrogen) atoms. The topological polar surface area (TPSA) is 79.7 Å². The number of carbonyl (C=O) groups is 1. The van der Waals surface area contributed by atoms with Crippen LogP contribution in [0.4, 0.5) is 4.79 Å². The van der Waals surface area contributed by atoms with Gasteiger partial charge in [0.2, 0.25) is 0 Å². The van der Waals surface area contributed by atoms with E-state index in [2.05, 4.69) is 10.1 Å². The first-order valence-corrected chi connectivity index (χ1v) is 6.91. The summed E-state index contributed by atoms with van der Waals surface area (Å²) in [5, 5.41) is 4.06. The van der Waals surface area contributed by atoms with E-state index in [-0.39, 0.29) is 17.7 Å². The van der Waals surface area contributed by atoms with Gasteiger partial charge in [-0.1, -0.05) is 0 Å². The minimum atomic E-state index is -0.529. The number of carbonyl (C=O) groups excluding carboxylic acids is 1.